The van der Waals surface area contributed by atoms with Crippen molar-refractivity contribution in [2.24, 2.45) is 0 Å². The molecule has 54 valence electrons. The first-order chi connectivity index (χ1) is 4.24. The molecule has 0 unspecified atom stereocenters. The van der Waals surface area contributed by atoms with Crippen LogP contribution in [0.15, 0.2) is 0 Å². The van der Waals surface area contributed by atoms with Gasteiger partial charge in [0.2, 0.25) is 0 Å². The third-order valence-electron chi connectivity index (χ3n) is 1.41. The number of rotatable bonds is 4. The summed E-state index contributed by atoms with van der Waals surface area (Å²) < 4.78 is -3.68. The third-order valence-corrected chi connectivity index (χ3v) is 14.2. The Morgan fingerprint density at radius 3 is 0.889 bits per heavy atom. The normalized spacial score (nSPS) is 12.0. The van der Waals surface area contributed by atoms with E-state index in [2.05, 4.69) is 0 Å². The molecular formula is C4H12O4Rf. The van der Waals surface area contributed by atoms with Crippen LogP contribution in [0.2, 0.25) is 0 Å². The Balaban J connectivity index is 3.82. The van der Waals surface area contributed by atoms with E-state index in [1.54, 1.807) is 0 Å². The molecule has 0 rings (SSSR count). The van der Waals surface area contributed by atoms with E-state index in [0.29, 0.717) is 0 Å². The molecule has 0 saturated heterocycles. The Morgan fingerprint density at radius 1 is 0.667 bits per heavy atom. The summed E-state index contributed by atoms with van der Waals surface area (Å²) in [6.45, 7) is 0. The topological polar surface area (TPSA) is 36.9 Å². The van der Waals surface area contributed by atoms with Crippen molar-refractivity contribution in [3.63, 3.8) is 0 Å². The van der Waals surface area contributed by atoms with Crippen molar-refractivity contribution in [3.8, 4) is 0 Å². The molecule has 0 aromatic rings. The van der Waals surface area contributed by atoms with Crippen molar-refractivity contribution in [1.82, 2.24) is 0 Å². The second kappa shape index (κ2) is 2.99. The Labute approximate surface area is 50.0 Å². The standard InChI is InChI=1S/4CH3O.Rf/c4*1-2;/h4*1H3;/q4*-1;+4. The summed E-state index contributed by atoms with van der Waals surface area (Å²) in [5, 5.41) is 19.8. The molecule has 9 heavy (non-hydrogen) atoms. The second-order valence-corrected chi connectivity index (χ2v) is 18.7. The fraction of sp³-hybridized carbons (Fsp3) is 1.00. The molecule has 4 nitrogen and oxygen atoms in total. The van der Waals surface area contributed by atoms with Gasteiger partial charge in [-0.2, -0.15) is 0 Å². The Morgan fingerprint density at radius 2 is 0.889 bits per heavy atom. The van der Waals surface area contributed by atoms with Gasteiger partial charge in [-0.25, -0.2) is 0 Å². The summed E-state index contributed by atoms with van der Waals surface area (Å²) in [6.07, 6.45) is 0. The van der Waals surface area contributed by atoms with Gasteiger partial charge in [-0.1, -0.05) is 0 Å². The van der Waals surface area contributed by atoms with E-state index in [1.807, 2.05) is 0 Å². The molecule has 0 N–H and O–H groups in total. The first-order valence-corrected chi connectivity index (χ1v) is 13.2. The molecule has 0 aromatic heterocycles. The predicted octanol–water partition coefficient (Wildman–Crippen LogP) is 0.388. The van der Waals surface area contributed by atoms with Crippen LogP contribution in [0.25, 0.3) is 0 Å². The maximum atomic E-state index is 4.96. The van der Waals surface area contributed by atoms with Gasteiger partial charge in [0.05, 0.1) is 0 Å². The van der Waals surface area contributed by atoms with Gasteiger partial charge in [0, 0.05) is 0 Å². The molecule has 0 aliphatic heterocycles. The van der Waals surface area contributed by atoms with Crippen LogP contribution in [0.5, 0.6) is 0 Å². The molecule has 0 heterocycles. The molecule has 0 bridgehead atoms. The molecule has 0 atom stereocenters. The van der Waals surface area contributed by atoms with E-state index in [9.17, 15) is 0 Å². The van der Waals surface area contributed by atoms with Crippen LogP contribution in [-0.2, 0) is 20.4 Å². The summed E-state index contributed by atoms with van der Waals surface area (Å²) in [4.78, 5) is 0. The summed E-state index contributed by atoms with van der Waals surface area (Å²) in [7, 11) is 6.13. The van der Waals surface area contributed by atoms with E-state index in [0.717, 1.165) is 0 Å². The zero-order valence-electron chi connectivity index (χ0n) is 6.34. The van der Waals surface area contributed by atoms with Gasteiger partial charge in [-0.05, 0) is 0 Å². The molecule has 0 fully saturated rings. The number of hydrogen-bond acceptors (Lipinski definition) is 4. The molecule has 5 heteroatoms. The molecule has 0 spiro atoms. The summed E-state index contributed by atoms with van der Waals surface area (Å²) in [5.74, 6) is 0. The monoisotopic (exact) mass is 391 g/mol. The van der Waals surface area contributed by atoms with Crippen molar-refractivity contribution in [2.75, 3.05) is 28.4 Å². The molecule has 0 amide bonds. The molecule has 0 aliphatic carbocycles. The minimum atomic E-state index is -3.68. The van der Waals surface area contributed by atoms with Gasteiger partial charge in [0.15, 0.2) is 0 Å². The average molecular weight is 391 g/mol. The van der Waals surface area contributed by atoms with Crippen LogP contribution in [0.1, 0.15) is 0 Å². The predicted molar refractivity (Wildman–Crippen MR) is 28.0 cm³/mol. The van der Waals surface area contributed by atoms with Crippen molar-refractivity contribution in [2.45, 2.75) is 0 Å². The quantitative estimate of drug-likeness (QED) is 0.695. The molecule has 0 radical (unpaired) electrons. The van der Waals surface area contributed by atoms with Crippen molar-refractivity contribution in [1.29, 1.82) is 0 Å². The SMILES string of the molecule is C[O][Rf]([O]C)([O]C)[O]C. The molecule has 0 aliphatic rings. The van der Waals surface area contributed by atoms with Crippen LogP contribution < -0.4 is 0 Å². The van der Waals surface area contributed by atoms with Gasteiger partial charge in [-0.3, -0.25) is 0 Å². The van der Waals surface area contributed by atoms with E-state index < -0.39 is 0 Å². The van der Waals surface area contributed by atoms with Crippen LogP contribution in [0.3, 0.4) is 0 Å². The van der Waals surface area contributed by atoms with E-state index in [4.69, 9.17) is 20.4 Å². The van der Waals surface area contributed by atoms with E-state index in [1.165, 1.54) is 28.4 Å². The first kappa shape index (κ1) is 7.84. The van der Waals surface area contributed by atoms with Crippen LogP contribution in [0.4, 0.5) is 0 Å². The Hall–Kier alpha value is -1.16. The van der Waals surface area contributed by atoms with Crippen LogP contribution in [0, 0.1) is 0 Å². The molecule has 0 saturated carbocycles. The fourth-order valence-electron chi connectivity index (χ4n) is 0.707. The summed E-state index contributed by atoms with van der Waals surface area (Å²) >= 11 is 0. The van der Waals surface area contributed by atoms with Gasteiger partial charge in [0.25, 0.3) is 0 Å². The molecular weight excluding hydrogens is 379 g/mol. The second-order valence-electron chi connectivity index (χ2n) is 1.86. The molecule has 0 aromatic carbocycles. The Bertz CT molecular complexity index is 55.5. The summed E-state index contributed by atoms with van der Waals surface area (Å²) in [6, 6.07) is 0. The first-order valence-electron chi connectivity index (χ1n) is 2.79. The number of hydrogen-bond donors (Lipinski definition) is 0. The third kappa shape index (κ3) is 1.36. The Kier molecular flexibility index (Phi) is 2.60. The zero-order valence-corrected chi connectivity index (χ0v) is 12.7. The zero-order chi connectivity index (χ0) is 7.33. The van der Waals surface area contributed by atoms with Crippen LogP contribution in [-0.4, -0.2) is 28.4 Å². The van der Waals surface area contributed by atoms with Crippen LogP contribution >= 0.6 is 0 Å². The van der Waals surface area contributed by atoms with E-state index >= 15 is 0 Å². The van der Waals surface area contributed by atoms with Crippen molar-refractivity contribution in [3.05, 3.63) is 0 Å². The average Bonchev–Trinajstić information content (AvgIpc) is 1.95. The van der Waals surface area contributed by atoms with Crippen molar-refractivity contribution >= 4 is 0 Å². The van der Waals surface area contributed by atoms with Gasteiger partial charge in [-0.15, -0.1) is 0 Å². The fourth-order valence-corrected chi connectivity index (χ4v) is 7.11. The van der Waals surface area contributed by atoms with E-state index in [-0.39, 0.29) is 0 Å². The summed E-state index contributed by atoms with van der Waals surface area (Å²) in [5.41, 5.74) is 0. The van der Waals surface area contributed by atoms with Gasteiger partial charge >= 0.3 is 48.9 Å². The van der Waals surface area contributed by atoms with Crippen molar-refractivity contribution < 1.29 is 20.4 Å². The van der Waals surface area contributed by atoms with Gasteiger partial charge < -0.3 is 0 Å². The maximum absolute atomic E-state index is 4.96. The minimum absolute atomic E-state index is 1.53. The van der Waals surface area contributed by atoms with Gasteiger partial charge in [0.1, 0.15) is 0 Å².